The molecule has 3 rings (SSSR count). The van der Waals surface area contributed by atoms with Crippen LogP contribution < -0.4 is 5.32 Å². The second-order valence-corrected chi connectivity index (χ2v) is 6.38. The minimum absolute atomic E-state index is 0.367. The van der Waals surface area contributed by atoms with Gasteiger partial charge in [0.1, 0.15) is 0 Å². The topological polar surface area (TPSA) is 32.3 Å². The Kier molecular flexibility index (Phi) is 4.59. The summed E-state index contributed by atoms with van der Waals surface area (Å²) in [5.41, 5.74) is 2.85. The Balaban J connectivity index is 1.46. The lowest BCUT2D eigenvalue weighted by molar-refractivity contribution is -0.133. The minimum atomic E-state index is 0.367. The number of hydrogen-bond donors (Lipinski definition) is 1. The Hall–Kier alpha value is -1.35. The van der Waals surface area contributed by atoms with E-state index in [-0.39, 0.29) is 0 Å². The monoisotopic (exact) mass is 286 g/mol. The molecule has 2 aliphatic rings. The molecule has 1 saturated carbocycles. The molecule has 21 heavy (non-hydrogen) atoms. The van der Waals surface area contributed by atoms with Gasteiger partial charge in [0.05, 0.1) is 0 Å². The van der Waals surface area contributed by atoms with Crippen LogP contribution in [-0.4, -0.2) is 29.9 Å². The predicted octanol–water partition coefficient (Wildman–Crippen LogP) is 2.74. The number of rotatable bonds is 5. The second kappa shape index (κ2) is 6.61. The van der Waals surface area contributed by atoms with Gasteiger partial charge in [0.2, 0.25) is 5.91 Å². The number of nitrogens with one attached hydrogen (secondary N) is 1. The lowest BCUT2D eigenvalue weighted by Gasteiger charge is -2.32. The number of nitrogens with zero attached hydrogens (tertiary/aromatic N) is 1. The van der Waals surface area contributed by atoms with Crippen LogP contribution in [0.3, 0.4) is 0 Å². The average Bonchev–Trinajstić information content (AvgIpc) is 3.38. The highest BCUT2D eigenvalue weighted by atomic mass is 16.2. The fourth-order valence-electron chi connectivity index (χ4n) is 3.22. The van der Waals surface area contributed by atoms with Gasteiger partial charge in [-0.3, -0.25) is 4.79 Å². The quantitative estimate of drug-likeness (QED) is 0.902. The summed E-state index contributed by atoms with van der Waals surface area (Å²) in [6.45, 7) is 5.02. The number of aryl methyl sites for hydroxylation is 1. The first kappa shape index (κ1) is 14.6. The van der Waals surface area contributed by atoms with Gasteiger partial charge in [0, 0.05) is 31.6 Å². The van der Waals surface area contributed by atoms with Crippen molar-refractivity contribution in [2.45, 2.75) is 51.6 Å². The van der Waals surface area contributed by atoms with Gasteiger partial charge in [0.25, 0.3) is 0 Å². The molecule has 3 heteroatoms. The van der Waals surface area contributed by atoms with Crippen molar-refractivity contribution in [1.82, 2.24) is 10.2 Å². The highest BCUT2D eigenvalue weighted by Gasteiger charge is 2.34. The molecule has 1 aliphatic carbocycles. The summed E-state index contributed by atoms with van der Waals surface area (Å²) in [5.74, 6) is 0.774. The van der Waals surface area contributed by atoms with Crippen LogP contribution in [0, 0.1) is 5.92 Å². The Morgan fingerprint density at radius 2 is 1.81 bits per heavy atom. The van der Waals surface area contributed by atoms with E-state index in [1.54, 1.807) is 0 Å². The average molecular weight is 286 g/mol. The Morgan fingerprint density at radius 1 is 1.14 bits per heavy atom. The summed E-state index contributed by atoms with van der Waals surface area (Å²) in [4.78, 5) is 14.1. The smallest absolute Gasteiger partial charge is 0.225 e. The van der Waals surface area contributed by atoms with Gasteiger partial charge in [0.15, 0.2) is 0 Å². The first-order valence-corrected chi connectivity index (χ1v) is 8.37. The SMILES string of the molecule is CCc1ccccc1CNC1CCN(C(=O)C2CC2)CC1. The molecule has 0 unspecified atom stereocenters. The van der Waals surface area contributed by atoms with Gasteiger partial charge >= 0.3 is 0 Å². The van der Waals surface area contributed by atoms with Crippen molar-refractivity contribution in [3.05, 3.63) is 35.4 Å². The normalized spacial score (nSPS) is 19.8. The van der Waals surface area contributed by atoms with E-state index in [2.05, 4.69) is 41.4 Å². The summed E-state index contributed by atoms with van der Waals surface area (Å²) in [6.07, 6.45) is 5.50. The number of hydrogen-bond acceptors (Lipinski definition) is 2. The molecule has 0 radical (unpaired) electrons. The second-order valence-electron chi connectivity index (χ2n) is 6.38. The number of carbonyl (C=O) groups excluding carboxylic acids is 1. The Morgan fingerprint density at radius 3 is 2.43 bits per heavy atom. The third-order valence-electron chi connectivity index (χ3n) is 4.81. The summed E-state index contributed by atoms with van der Waals surface area (Å²) < 4.78 is 0. The molecule has 1 aromatic rings. The van der Waals surface area contributed by atoms with E-state index in [9.17, 15) is 4.79 Å². The minimum Gasteiger partial charge on any atom is -0.342 e. The maximum atomic E-state index is 12.0. The highest BCUT2D eigenvalue weighted by molar-refractivity contribution is 5.81. The van der Waals surface area contributed by atoms with Crippen molar-refractivity contribution in [1.29, 1.82) is 0 Å². The number of piperidine rings is 1. The maximum Gasteiger partial charge on any atom is 0.225 e. The summed E-state index contributed by atoms with van der Waals surface area (Å²) in [5, 5.41) is 3.68. The van der Waals surface area contributed by atoms with Gasteiger partial charge in [-0.25, -0.2) is 0 Å². The van der Waals surface area contributed by atoms with E-state index < -0.39 is 0 Å². The van der Waals surface area contributed by atoms with E-state index in [0.717, 1.165) is 51.7 Å². The van der Waals surface area contributed by atoms with Crippen molar-refractivity contribution < 1.29 is 4.79 Å². The van der Waals surface area contributed by atoms with Crippen LogP contribution in [0.2, 0.25) is 0 Å². The third kappa shape index (κ3) is 3.65. The van der Waals surface area contributed by atoms with Crippen LogP contribution in [0.25, 0.3) is 0 Å². The van der Waals surface area contributed by atoms with Crippen LogP contribution in [-0.2, 0) is 17.8 Å². The van der Waals surface area contributed by atoms with Crippen LogP contribution in [0.1, 0.15) is 43.7 Å². The van der Waals surface area contributed by atoms with Crippen LogP contribution in [0.5, 0.6) is 0 Å². The number of likely N-dealkylation sites (tertiary alicyclic amines) is 1. The maximum absolute atomic E-state index is 12.0. The van der Waals surface area contributed by atoms with Crippen molar-refractivity contribution in [2.24, 2.45) is 5.92 Å². The molecular weight excluding hydrogens is 260 g/mol. The van der Waals surface area contributed by atoms with Crippen molar-refractivity contribution >= 4 is 5.91 Å². The fourth-order valence-corrected chi connectivity index (χ4v) is 3.22. The van der Waals surface area contributed by atoms with Crippen LogP contribution >= 0.6 is 0 Å². The lowest BCUT2D eigenvalue weighted by atomic mass is 10.0. The zero-order valence-electron chi connectivity index (χ0n) is 13.0. The molecule has 1 N–H and O–H groups in total. The molecule has 0 spiro atoms. The van der Waals surface area contributed by atoms with E-state index >= 15 is 0 Å². The molecule has 0 atom stereocenters. The third-order valence-corrected chi connectivity index (χ3v) is 4.81. The van der Waals surface area contributed by atoms with Crippen molar-refractivity contribution in [3.8, 4) is 0 Å². The highest BCUT2D eigenvalue weighted by Crippen LogP contribution is 2.31. The molecule has 1 aliphatic heterocycles. The van der Waals surface area contributed by atoms with E-state index in [0.29, 0.717) is 17.9 Å². The van der Waals surface area contributed by atoms with Gasteiger partial charge in [-0.1, -0.05) is 31.2 Å². The molecule has 1 aromatic carbocycles. The van der Waals surface area contributed by atoms with E-state index in [1.807, 2.05) is 0 Å². The Bertz CT molecular complexity index is 488. The summed E-state index contributed by atoms with van der Waals surface area (Å²) in [7, 11) is 0. The zero-order chi connectivity index (χ0) is 14.7. The molecule has 0 aromatic heterocycles. The molecule has 1 amide bonds. The number of amides is 1. The zero-order valence-corrected chi connectivity index (χ0v) is 13.0. The van der Waals surface area contributed by atoms with Crippen LogP contribution in [0.15, 0.2) is 24.3 Å². The molecule has 1 saturated heterocycles. The van der Waals surface area contributed by atoms with Gasteiger partial charge in [-0.05, 0) is 43.2 Å². The number of benzene rings is 1. The molecule has 0 bridgehead atoms. The van der Waals surface area contributed by atoms with Gasteiger partial charge in [-0.2, -0.15) is 0 Å². The fraction of sp³-hybridized carbons (Fsp3) is 0.611. The van der Waals surface area contributed by atoms with Gasteiger partial charge in [-0.15, -0.1) is 0 Å². The summed E-state index contributed by atoms with van der Waals surface area (Å²) >= 11 is 0. The Labute approximate surface area is 127 Å². The largest absolute Gasteiger partial charge is 0.342 e. The molecular formula is C18H26N2O. The lowest BCUT2D eigenvalue weighted by Crippen LogP contribution is -2.45. The first-order valence-electron chi connectivity index (χ1n) is 8.37. The first-order chi connectivity index (χ1) is 10.3. The van der Waals surface area contributed by atoms with E-state index in [1.165, 1.54) is 11.1 Å². The molecule has 114 valence electrons. The summed E-state index contributed by atoms with van der Waals surface area (Å²) in [6, 6.07) is 9.22. The predicted molar refractivity (Wildman–Crippen MR) is 85.0 cm³/mol. The van der Waals surface area contributed by atoms with Crippen molar-refractivity contribution in [3.63, 3.8) is 0 Å². The molecule has 3 nitrogen and oxygen atoms in total. The number of carbonyl (C=O) groups is 1. The standard InChI is InChI=1S/C18H26N2O/c1-2-14-5-3-4-6-16(14)13-19-17-9-11-20(12-10-17)18(21)15-7-8-15/h3-6,15,17,19H,2,7-13H2,1H3. The molecule has 2 fully saturated rings. The molecule has 1 heterocycles. The van der Waals surface area contributed by atoms with Crippen molar-refractivity contribution in [2.75, 3.05) is 13.1 Å². The van der Waals surface area contributed by atoms with Gasteiger partial charge < -0.3 is 10.2 Å². The van der Waals surface area contributed by atoms with E-state index in [4.69, 9.17) is 0 Å². The van der Waals surface area contributed by atoms with Crippen LogP contribution in [0.4, 0.5) is 0 Å².